The Morgan fingerprint density at radius 1 is 1.45 bits per heavy atom. The van der Waals surface area contributed by atoms with E-state index in [-0.39, 0.29) is 0 Å². The lowest BCUT2D eigenvalue weighted by Gasteiger charge is -2.07. The molecule has 56 valence electrons. The first-order valence-corrected chi connectivity index (χ1v) is 4.67. The fraction of sp³-hybridized carbons (Fsp3) is 0.125. The summed E-state index contributed by atoms with van der Waals surface area (Å²) in [5, 5.41) is 0.786. The highest BCUT2D eigenvalue weighted by molar-refractivity contribution is 8.00. The van der Waals surface area contributed by atoms with Crippen LogP contribution in [0.5, 0.6) is 0 Å². The summed E-state index contributed by atoms with van der Waals surface area (Å²) in [5.74, 6) is 0.952. The third kappa shape index (κ3) is 1.42. The molecule has 1 nitrogen and oxygen atoms in total. The summed E-state index contributed by atoms with van der Waals surface area (Å²) >= 11 is 7.58. The van der Waals surface area contributed by atoms with E-state index in [0.717, 1.165) is 16.5 Å². The number of aliphatic imine (C=N–C) groups is 1. The molecule has 0 aliphatic carbocycles. The lowest BCUT2D eigenvalue weighted by atomic mass is 10.3. The van der Waals surface area contributed by atoms with E-state index in [9.17, 15) is 0 Å². The van der Waals surface area contributed by atoms with Crippen molar-refractivity contribution in [1.82, 2.24) is 0 Å². The molecule has 0 saturated carbocycles. The number of hydrogen-bond acceptors (Lipinski definition) is 2. The number of hydrogen-bond donors (Lipinski definition) is 0. The number of thioether (sulfide) groups is 1. The zero-order valence-electron chi connectivity index (χ0n) is 5.75. The van der Waals surface area contributed by atoms with Gasteiger partial charge in [-0.2, -0.15) is 0 Å². The van der Waals surface area contributed by atoms with Crippen LogP contribution in [0, 0.1) is 0 Å². The van der Waals surface area contributed by atoms with E-state index >= 15 is 0 Å². The molecule has 0 fully saturated rings. The minimum Gasteiger partial charge on any atom is -0.259 e. The number of fused-ring (bicyclic) bond motifs is 1. The summed E-state index contributed by atoms with van der Waals surface area (Å²) in [7, 11) is 0. The van der Waals surface area contributed by atoms with Gasteiger partial charge in [0.05, 0.1) is 5.69 Å². The highest BCUT2D eigenvalue weighted by Gasteiger charge is 2.05. The van der Waals surface area contributed by atoms with E-state index in [1.54, 1.807) is 11.8 Å². The average molecular weight is 184 g/mol. The third-order valence-corrected chi connectivity index (χ3v) is 2.65. The topological polar surface area (TPSA) is 12.4 Å². The van der Waals surface area contributed by atoms with E-state index in [0.29, 0.717) is 0 Å². The van der Waals surface area contributed by atoms with E-state index in [1.807, 2.05) is 24.4 Å². The molecule has 1 aromatic carbocycles. The molecular weight excluding hydrogens is 178 g/mol. The normalized spacial score (nSPS) is 14.6. The minimum absolute atomic E-state index is 0.786. The molecule has 0 amide bonds. The maximum atomic E-state index is 5.81. The number of halogens is 1. The van der Waals surface area contributed by atoms with Crippen LogP contribution in [0.15, 0.2) is 28.1 Å². The molecule has 1 aromatic rings. The van der Waals surface area contributed by atoms with Crippen LogP contribution in [-0.4, -0.2) is 12.0 Å². The van der Waals surface area contributed by atoms with Gasteiger partial charge in [0.25, 0.3) is 0 Å². The van der Waals surface area contributed by atoms with Gasteiger partial charge in [-0.15, -0.1) is 11.8 Å². The van der Waals surface area contributed by atoms with Crippen LogP contribution in [0.25, 0.3) is 0 Å². The Bertz CT molecular complexity index is 309. The Morgan fingerprint density at radius 3 is 3.27 bits per heavy atom. The van der Waals surface area contributed by atoms with Crippen molar-refractivity contribution in [3.63, 3.8) is 0 Å². The van der Waals surface area contributed by atoms with Crippen molar-refractivity contribution in [2.45, 2.75) is 4.90 Å². The lowest BCUT2D eigenvalue weighted by molar-refractivity contribution is 1.36. The van der Waals surface area contributed by atoms with Gasteiger partial charge in [-0.1, -0.05) is 11.6 Å². The molecule has 1 aliphatic rings. The van der Waals surface area contributed by atoms with Gasteiger partial charge in [-0.25, -0.2) is 0 Å². The Morgan fingerprint density at radius 2 is 2.36 bits per heavy atom. The lowest BCUT2D eigenvalue weighted by Crippen LogP contribution is -1.87. The summed E-state index contributed by atoms with van der Waals surface area (Å²) in [6, 6.07) is 5.77. The summed E-state index contributed by atoms with van der Waals surface area (Å²) in [6.45, 7) is 0. The van der Waals surface area contributed by atoms with E-state index < -0.39 is 0 Å². The van der Waals surface area contributed by atoms with Crippen molar-refractivity contribution in [2.75, 3.05) is 5.75 Å². The van der Waals surface area contributed by atoms with Gasteiger partial charge in [0.15, 0.2) is 0 Å². The predicted octanol–water partition coefficient (Wildman–Crippen LogP) is 3.15. The quantitative estimate of drug-likeness (QED) is 0.602. The van der Waals surface area contributed by atoms with Crippen LogP contribution < -0.4 is 0 Å². The van der Waals surface area contributed by atoms with Gasteiger partial charge < -0.3 is 0 Å². The fourth-order valence-corrected chi connectivity index (χ4v) is 2.02. The van der Waals surface area contributed by atoms with Crippen LogP contribution in [0.3, 0.4) is 0 Å². The van der Waals surface area contributed by atoms with Crippen LogP contribution in [0.2, 0.25) is 5.02 Å². The van der Waals surface area contributed by atoms with Gasteiger partial charge in [0, 0.05) is 21.9 Å². The van der Waals surface area contributed by atoms with Crippen LogP contribution >= 0.6 is 23.4 Å². The molecule has 0 radical (unpaired) electrons. The monoisotopic (exact) mass is 183 g/mol. The first-order chi connectivity index (χ1) is 5.36. The standard InChI is InChI=1S/C8H6ClNS/c9-6-1-2-7-8(5-6)11-4-3-10-7/h1-3,5H,4H2. The second-order valence-corrected chi connectivity index (χ2v) is 3.73. The molecule has 3 heteroatoms. The van der Waals surface area contributed by atoms with Crippen LogP contribution in [0.1, 0.15) is 0 Å². The average Bonchev–Trinajstić information content (AvgIpc) is 2.04. The molecule has 0 aromatic heterocycles. The summed E-state index contributed by atoms with van der Waals surface area (Å²) in [5.41, 5.74) is 1.03. The molecule has 0 atom stereocenters. The highest BCUT2D eigenvalue weighted by Crippen LogP contribution is 2.33. The number of rotatable bonds is 0. The number of nitrogens with zero attached hydrogens (tertiary/aromatic N) is 1. The van der Waals surface area contributed by atoms with Gasteiger partial charge in [0.2, 0.25) is 0 Å². The van der Waals surface area contributed by atoms with Gasteiger partial charge in [0.1, 0.15) is 0 Å². The maximum Gasteiger partial charge on any atom is 0.0762 e. The van der Waals surface area contributed by atoms with Crippen molar-refractivity contribution >= 4 is 35.3 Å². The molecule has 0 saturated heterocycles. The van der Waals surface area contributed by atoms with Gasteiger partial charge >= 0.3 is 0 Å². The highest BCUT2D eigenvalue weighted by atomic mass is 35.5. The van der Waals surface area contributed by atoms with Crippen molar-refractivity contribution < 1.29 is 0 Å². The molecular formula is C8H6ClNS. The second kappa shape index (κ2) is 2.88. The molecule has 11 heavy (non-hydrogen) atoms. The SMILES string of the molecule is Clc1ccc2c(c1)SCC=N2. The molecule has 2 rings (SSSR count). The Balaban J connectivity index is 2.53. The molecule has 0 bridgehead atoms. The Kier molecular flexibility index (Phi) is 1.88. The maximum absolute atomic E-state index is 5.81. The smallest absolute Gasteiger partial charge is 0.0762 e. The minimum atomic E-state index is 0.786. The van der Waals surface area contributed by atoms with Crippen molar-refractivity contribution in [3.05, 3.63) is 23.2 Å². The van der Waals surface area contributed by atoms with Gasteiger partial charge in [-0.3, -0.25) is 4.99 Å². The summed E-state index contributed by atoms with van der Waals surface area (Å²) < 4.78 is 0. The van der Waals surface area contributed by atoms with Crippen molar-refractivity contribution in [2.24, 2.45) is 4.99 Å². The van der Waals surface area contributed by atoms with Crippen molar-refractivity contribution in [1.29, 1.82) is 0 Å². The molecule has 0 unspecified atom stereocenters. The molecule has 0 spiro atoms. The second-order valence-electron chi connectivity index (χ2n) is 2.23. The van der Waals surface area contributed by atoms with Crippen molar-refractivity contribution in [3.8, 4) is 0 Å². The zero-order valence-corrected chi connectivity index (χ0v) is 7.32. The van der Waals surface area contributed by atoms with E-state index in [1.165, 1.54) is 4.90 Å². The third-order valence-electron chi connectivity index (χ3n) is 1.47. The largest absolute Gasteiger partial charge is 0.259 e. The molecule has 1 heterocycles. The van der Waals surface area contributed by atoms with Gasteiger partial charge in [-0.05, 0) is 18.2 Å². The molecule has 1 aliphatic heterocycles. The zero-order chi connectivity index (χ0) is 7.68. The predicted molar refractivity (Wildman–Crippen MR) is 50.3 cm³/mol. The van der Waals surface area contributed by atoms with Crippen LogP contribution in [-0.2, 0) is 0 Å². The first kappa shape index (κ1) is 7.19. The first-order valence-electron chi connectivity index (χ1n) is 3.31. The van der Waals surface area contributed by atoms with Crippen LogP contribution in [0.4, 0.5) is 5.69 Å². The van der Waals surface area contributed by atoms with E-state index in [2.05, 4.69) is 4.99 Å². The molecule has 0 N–H and O–H groups in total. The summed E-state index contributed by atoms with van der Waals surface area (Å²) in [6.07, 6.45) is 1.92. The Labute approximate surface area is 74.5 Å². The number of benzene rings is 1. The Hall–Kier alpha value is -0.470. The van der Waals surface area contributed by atoms with E-state index in [4.69, 9.17) is 11.6 Å². The fourth-order valence-electron chi connectivity index (χ4n) is 0.973. The summed E-state index contributed by atoms with van der Waals surface area (Å²) in [4.78, 5) is 5.41.